The number of hydrogen-bond acceptors (Lipinski definition) is 1. The average molecular weight is 374 g/mol. The minimum absolute atomic E-state index is 0.0647. The Balaban J connectivity index is 2.36. The Morgan fingerprint density at radius 1 is 1.24 bits per heavy atom. The third-order valence-electron chi connectivity index (χ3n) is 2.15. The molecule has 6 heteroatoms. The highest BCUT2D eigenvalue weighted by molar-refractivity contribution is 9.10. The van der Waals surface area contributed by atoms with Gasteiger partial charge >= 0.3 is 0 Å². The largest absolute Gasteiger partial charge is 0.205 e. The van der Waals surface area contributed by atoms with Gasteiger partial charge in [0.2, 0.25) is 0 Å². The SMILES string of the molecule is Fc1ccc(C(Cl)c2cc(Br)c(Cl)s2)cc1Cl. The first kappa shape index (κ1) is 13.6. The molecule has 17 heavy (non-hydrogen) atoms. The Morgan fingerprint density at radius 2 is 1.94 bits per heavy atom. The fourth-order valence-corrected chi connectivity index (χ4v) is 3.59. The lowest BCUT2D eigenvalue weighted by Crippen LogP contribution is -1.91. The van der Waals surface area contributed by atoms with Gasteiger partial charge in [-0.15, -0.1) is 22.9 Å². The standard InChI is InChI=1S/C11H5BrCl3FS/c12-6-4-9(17-11(6)15)10(14)5-1-2-8(16)7(13)3-5/h1-4,10H. The second-order valence-electron chi connectivity index (χ2n) is 3.31. The summed E-state index contributed by atoms with van der Waals surface area (Å²) in [7, 11) is 0. The van der Waals surface area contributed by atoms with Crippen molar-refractivity contribution in [2.24, 2.45) is 0 Å². The van der Waals surface area contributed by atoms with Crippen molar-refractivity contribution in [1.29, 1.82) is 0 Å². The summed E-state index contributed by atoms with van der Waals surface area (Å²) in [6.45, 7) is 0. The van der Waals surface area contributed by atoms with E-state index < -0.39 is 5.82 Å². The first-order chi connectivity index (χ1) is 7.99. The molecule has 1 heterocycles. The van der Waals surface area contributed by atoms with Gasteiger partial charge in [-0.2, -0.15) is 0 Å². The van der Waals surface area contributed by atoms with E-state index in [4.69, 9.17) is 34.8 Å². The van der Waals surface area contributed by atoms with Gasteiger partial charge in [-0.3, -0.25) is 0 Å². The Bertz CT molecular complexity index is 536. The van der Waals surface area contributed by atoms with Crippen LogP contribution in [0.2, 0.25) is 9.36 Å². The van der Waals surface area contributed by atoms with Gasteiger partial charge < -0.3 is 0 Å². The highest BCUT2D eigenvalue weighted by Gasteiger charge is 2.16. The molecule has 0 aliphatic rings. The van der Waals surface area contributed by atoms with Crippen LogP contribution < -0.4 is 0 Å². The van der Waals surface area contributed by atoms with Crippen LogP contribution in [0.25, 0.3) is 0 Å². The normalized spacial score (nSPS) is 12.8. The third kappa shape index (κ3) is 2.96. The van der Waals surface area contributed by atoms with Gasteiger partial charge in [0.1, 0.15) is 10.2 Å². The van der Waals surface area contributed by atoms with Gasteiger partial charge in [0, 0.05) is 9.35 Å². The monoisotopic (exact) mass is 372 g/mol. The number of rotatable bonds is 2. The lowest BCUT2D eigenvalue weighted by molar-refractivity contribution is 0.627. The van der Waals surface area contributed by atoms with E-state index in [2.05, 4.69) is 15.9 Å². The van der Waals surface area contributed by atoms with Crippen molar-refractivity contribution in [1.82, 2.24) is 0 Å². The van der Waals surface area contributed by atoms with Gasteiger partial charge in [0.05, 0.1) is 10.4 Å². The minimum atomic E-state index is -0.454. The van der Waals surface area contributed by atoms with Crippen LogP contribution in [-0.4, -0.2) is 0 Å². The highest BCUT2D eigenvalue weighted by Crippen LogP contribution is 2.40. The molecule has 0 saturated carbocycles. The molecule has 2 aromatic rings. The smallest absolute Gasteiger partial charge is 0.141 e. The van der Waals surface area contributed by atoms with Crippen molar-refractivity contribution >= 4 is 62.1 Å². The quantitative estimate of drug-likeness (QED) is 0.542. The summed E-state index contributed by atoms with van der Waals surface area (Å²) >= 11 is 22.6. The van der Waals surface area contributed by atoms with Crippen LogP contribution in [0, 0.1) is 5.82 Å². The molecule has 1 atom stereocenters. The highest BCUT2D eigenvalue weighted by atomic mass is 79.9. The van der Waals surface area contributed by atoms with Crippen molar-refractivity contribution in [3.05, 3.63) is 54.4 Å². The van der Waals surface area contributed by atoms with Gasteiger partial charge in [-0.05, 0) is 39.7 Å². The summed E-state index contributed by atoms with van der Waals surface area (Å²) in [5, 5.41) is -0.322. The van der Waals surface area contributed by atoms with Crippen LogP contribution in [0.1, 0.15) is 15.8 Å². The zero-order valence-electron chi connectivity index (χ0n) is 8.18. The van der Waals surface area contributed by atoms with Crippen molar-refractivity contribution in [3.8, 4) is 0 Å². The molecule has 1 unspecified atom stereocenters. The zero-order chi connectivity index (χ0) is 12.6. The fourth-order valence-electron chi connectivity index (χ4n) is 1.32. The molecule has 0 saturated heterocycles. The molecule has 0 amide bonds. The van der Waals surface area contributed by atoms with Crippen molar-refractivity contribution in [2.45, 2.75) is 5.38 Å². The van der Waals surface area contributed by atoms with Crippen molar-refractivity contribution in [3.63, 3.8) is 0 Å². The summed E-state index contributed by atoms with van der Waals surface area (Å²) in [4.78, 5) is 0.881. The van der Waals surface area contributed by atoms with Crippen molar-refractivity contribution in [2.75, 3.05) is 0 Å². The molecule has 0 N–H and O–H groups in total. The van der Waals surface area contributed by atoms with E-state index in [1.165, 1.54) is 23.5 Å². The van der Waals surface area contributed by atoms with E-state index in [0.29, 0.717) is 4.34 Å². The van der Waals surface area contributed by atoms with Gasteiger partial charge in [0.25, 0.3) is 0 Å². The van der Waals surface area contributed by atoms with E-state index >= 15 is 0 Å². The van der Waals surface area contributed by atoms with E-state index in [1.807, 2.05) is 6.07 Å². The zero-order valence-corrected chi connectivity index (χ0v) is 12.9. The number of thiophene rings is 1. The molecule has 0 fully saturated rings. The number of benzene rings is 1. The summed E-state index contributed by atoms with van der Waals surface area (Å²) in [6.07, 6.45) is 0. The average Bonchev–Trinajstić information content (AvgIpc) is 2.62. The van der Waals surface area contributed by atoms with E-state index in [9.17, 15) is 4.39 Å². The van der Waals surface area contributed by atoms with Gasteiger partial charge in [-0.1, -0.05) is 29.3 Å². The fraction of sp³-hybridized carbons (Fsp3) is 0.0909. The molecule has 0 nitrogen and oxygen atoms in total. The Kier molecular flexibility index (Phi) is 4.37. The predicted molar refractivity (Wildman–Crippen MR) is 76.1 cm³/mol. The topological polar surface area (TPSA) is 0 Å². The Morgan fingerprint density at radius 3 is 2.47 bits per heavy atom. The summed E-state index contributed by atoms with van der Waals surface area (Å²) < 4.78 is 14.5. The maximum absolute atomic E-state index is 13.0. The molecule has 0 aliphatic carbocycles. The van der Waals surface area contributed by atoms with Crippen LogP contribution in [0.3, 0.4) is 0 Å². The molecule has 0 spiro atoms. The first-order valence-electron chi connectivity index (χ1n) is 4.53. The molecular formula is C11H5BrCl3FS. The van der Waals surface area contributed by atoms with Crippen LogP contribution >= 0.6 is 62.1 Å². The molecule has 1 aromatic heterocycles. The summed E-state index contributed by atoms with van der Waals surface area (Å²) in [5.41, 5.74) is 0.739. The number of hydrogen-bond donors (Lipinski definition) is 0. The first-order valence-corrected chi connectivity index (χ1v) is 7.33. The lowest BCUT2D eigenvalue weighted by Gasteiger charge is -2.08. The summed E-state index contributed by atoms with van der Waals surface area (Å²) in [6, 6.07) is 6.29. The molecule has 0 radical (unpaired) electrons. The molecule has 0 bridgehead atoms. The molecule has 1 aromatic carbocycles. The van der Waals surface area contributed by atoms with Crippen molar-refractivity contribution < 1.29 is 4.39 Å². The minimum Gasteiger partial charge on any atom is -0.205 e. The Labute approximate surface area is 125 Å². The van der Waals surface area contributed by atoms with Crippen LogP contribution in [0.4, 0.5) is 4.39 Å². The maximum Gasteiger partial charge on any atom is 0.141 e. The number of halogens is 5. The maximum atomic E-state index is 13.0. The molecule has 0 aliphatic heterocycles. The summed E-state index contributed by atoms with van der Waals surface area (Å²) in [5.74, 6) is -0.454. The molecular weight excluding hydrogens is 369 g/mol. The third-order valence-corrected chi connectivity index (χ3v) is 5.60. The Hall–Kier alpha value is 0.200. The molecule has 90 valence electrons. The van der Waals surface area contributed by atoms with Crippen LogP contribution in [-0.2, 0) is 0 Å². The van der Waals surface area contributed by atoms with E-state index in [0.717, 1.165) is 14.9 Å². The predicted octanol–water partition coefficient (Wildman–Crippen LogP) is 6.28. The second-order valence-corrected chi connectivity index (χ2v) is 6.69. The van der Waals surface area contributed by atoms with E-state index in [-0.39, 0.29) is 10.4 Å². The second kappa shape index (κ2) is 5.45. The van der Waals surface area contributed by atoms with E-state index in [1.54, 1.807) is 6.07 Å². The van der Waals surface area contributed by atoms with Crippen LogP contribution in [0.15, 0.2) is 28.7 Å². The molecule has 2 rings (SSSR count). The van der Waals surface area contributed by atoms with Gasteiger partial charge in [-0.25, -0.2) is 4.39 Å². The lowest BCUT2D eigenvalue weighted by atomic mass is 10.1. The van der Waals surface area contributed by atoms with Gasteiger partial charge in [0.15, 0.2) is 0 Å². The number of alkyl halides is 1. The van der Waals surface area contributed by atoms with Crippen LogP contribution in [0.5, 0.6) is 0 Å².